The van der Waals surface area contributed by atoms with Crippen LogP contribution >= 0.6 is 7.92 Å². The highest BCUT2D eigenvalue weighted by atomic mass is 32.2. The number of aryl methyl sites for hydroxylation is 2. The van der Waals surface area contributed by atoms with Crippen LogP contribution in [0.1, 0.15) is 27.9 Å². The lowest BCUT2D eigenvalue weighted by molar-refractivity contribution is 0.591. The molecule has 0 aliphatic carbocycles. The second-order valence-electron chi connectivity index (χ2n) is 9.76. The maximum Gasteiger partial charge on any atom is 0.261 e. The Labute approximate surface area is 239 Å². The maximum absolute atomic E-state index is 13.7. The minimum absolute atomic E-state index is 0.0991. The summed E-state index contributed by atoms with van der Waals surface area (Å²) in [5.74, 6) is 0. The van der Waals surface area contributed by atoms with Gasteiger partial charge in [0.05, 0.1) is 10.6 Å². The highest BCUT2D eigenvalue weighted by molar-refractivity contribution is 7.89. The first-order valence-electron chi connectivity index (χ1n) is 13.2. The fraction of sp³-hybridized carbons (Fsp3) is 0.0857. The van der Waals surface area contributed by atoms with Gasteiger partial charge in [-0.25, -0.2) is 8.42 Å². The van der Waals surface area contributed by atoms with E-state index in [0.717, 1.165) is 22.3 Å². The molecule has 0 amide bonds. The zero-order valence-electron chi connectivity index (χ0n) is 22.6. The smallest absolute Gasteiger partial charge is 0.261 e. The monoisotopic (exact) mass is 561 g/mol. The lowest BCUT2D eigenvalue weighted by Crippen LogP contribution is -2.24. The Balaban J connectivity index is 1.71. The van der Waals surface area contributed by atoms with Gasteiger partial charge in [-0.3, -0.25) is 4.72 Å². The van der Waals surface area contributed by atoms with Crippen molar-refractivity contribution < 1.29 is 8.42 Å². The summed E-state index contributed by atoms with van der Waals surface area (Å²) < 4.78 is 30.3. The van der Waals surface area contributed by atoms with Crippen molar-refractivity contribution in [3.05, 3.63) is 168 Å². The molecule has 0 aliphatic heterocycles. The molecule has 0 unspecified atom stereocenters. The summed E-state index contributed by atoms with van der Waals surface area (Å²) in [7, 11) is -4.76. The van der Waals surface area contributed by atoms with Gasteiger partial charge in [-0.05, 0) is 61.7 Å². The maximum atomic E-state index is 13.7. The first kappa shape index (κ1) is 27.6. The van der Waals surface area contributed by atoms with Gasteiger partial charge in [0.15, 0.2) is 0 Å². The molecule has 0 bridgehead atoms. The van der Waals surface area contributed by atoms with E-state index in [1.807, 2.05) is 80.6 Å². The molecule has 0 fully saturated rings. The van der Waals surface area contributed by atoms with E-state index in [4.69, 9.17) is 0 Å². The Morgan fingerprint density at radius 1 is 0.625 bits per heavy atom. The Morgan fingerprint density at radius 3 is 1.57 bits per heavy atom. The number of hydrogen-bond donors (Lipinski definition) is 1. The summed E-state index contributed by atoms with van der Waals surface area (Å²) >= 11 is 0. The molecule has 5 heteroatoms. The number of hydrogen-bond acceptors (Lipinski definition) is 2. The zero-order chi connectivity index (χ0) is 28.0. The van der Waals surface area contributed by atoms with E-state index in [0.29, 0.717) is 5.70 Å². The van der Waals surface area contributed by atoms with E-state index >= 15 is 0 Å². The lowest BCUT2D eigenvalue weighted by Gasteiger charge is -2.28. The highest BCUT2D eigenvalue weighted by Gasteiger charge is 2.27. The minimum Gasteiger partial charge on any atom is -0.279 e. The molecule has 0 saturated heterocycles. The van der Waals surface area contributed by atoms with Gasteiger partial charge < -0.3 is 0 Å². The molecule has 0 aliphatic rings. The third-order valence-corrected chi connectivity index (χ3v) is 10.8. The van der Waals surface area contributed by atoms with Gasteiger partial charge in [-0.2, -0.15) is 0 Å². The second kappa shape index (κ2) is 12.5. The Bertz CT molecular complexity index is 1630. The van der Waals surface area contributed by atoms with Crippen molar-refractivity contribution >= 4 is 34.3 Å². The molecule has 0 radical (unpaired) electrons. The van der Waals surface area contributed by atoms with Crippen LogP contribution in [0.3, 0.4) is 0 Å². The average Bonchev–Trinajstić information content (AvgIpc) is 2.98. The van der Waals surface area contributed by atoms with Crippen molar-refractivity contribution in [1.82, 2.24) is 4.72 Å². The lowest BCUT2D eigenvalue weighted by atomic mass is 10.1. The van der Waals surface area contributed by atoms with E-state index in [9.17, 15) is 8.42 Å². The summed E-state index contributed by atoms with van der Waals surface area (Å²) in [6, 6.07) is 46.3. The van der Waals surface area contributed by atoms with Crippen LogP contribution in [0, 0.1) is 13.8 Å². The standard InChI is InChI=1S/C35H32NO2PS/c1-27-18-22-29(23-19-27)34(36-40(37,38)33-24-20-28(2)21-25-33)26-35(30-12-6-3-7-13-30)39(31-14-8-4-9-15-31)32-16-10-5-11-17-32/h3-26,35-36H,1-2H3/b34-26-/t35-/m1/s1. The fourth-order valence-corrected chi connectivity index (χ4v) is 8.40. The highest BCUT2D eigenvalue weighted by Crippen LogP contribution is 2.51. The molecule has 40 heavy (non-hydrogen) atoms. The molecule has 0 saturated carbocycles. The molecule has 0 heterocycles. The Kier molecular flexibility index (Phi) is 8.60. The van der Waals surface area contributed by atoms with Crippen molar-refractivity contribution in [2.75, 3.05) is 0 Å². The van der Waals surface area contributed by atoms with Gasteiger partial charge >= 0.3 is 0 Å². The number of nitrogens with one attached hydrogen (secondary N) is 1. The van der Waals surface area contributed by atoms with Crippen LogP contribution in [0.15, 0.2) is 150 Å². The van der Waals surface area contributed by atoms with Crippen LogP contribution in [0.4, 0.5) is 0 Å². The third-order valence-electron chi connectivity index (χ3n) is 6.75. The van der Waals surface area contributed by atoms with Gasteiger partial charge in [0.25, 0.3) is 10.0 Å². The van der Waals surface area contributed by atoms with E-state index in [1.54, 1.807) is 12.1 Å². The molecule has 5 aromatic carbocycles. The first-order valence-corrected chi connectivity index (χ1v) is 16.1. The molecule has 0 spiro atoms. The van der Waals surface area contributed by atoms with Gasteiger partial charge in [-0.1, -0.05) is 139 Å². The van der Waals surface area contributed by atoms with Crippen LogP contribution < -0.4 is 15.3 Å². The quantitative estimate of drug-likeness (QED) is 0.190. The van der Waals surface area contributed by atoms with E-state index in [2.05, 4.69) is 71.5 Å². The van der Waals surface area contributed by atoms with Crippen molar-refractivity contribution in [3.63, 3.8) is 0 Å². The van der Waals surface area contributed by atoms with Gasteiger partial charge in [-0.15, -0.1) is 0 Å². The fourth-order valence-electron chi connectivity index (χ4n) is 4.62. The Hall–Kier alpha value is -3.98. The van der Waals surface area contributed by atoms with Crippen LogP contribution in [-0.2, 0) is 10.0 Å². The van der Waals surface area contributed by atoms with E-state index in [-0.39, 0.29) is 10.6 Å². The Morgan fingerprint density at radius 2 is 1.07 bits per heavy atom. The van der Waals surface area contributed by atoms with Crippen molar-refractivity contribution in [2.45, 2.75) is 24.4 Å². The molecule has 5 rings (SSSR count). The third kappa shape index (κ3) is 6.59. The largest absolute Gasteiger partial charge is 0.279 e. The summed E-state index contributed by atoms with van der Waals surface area (Å²) in [6.45, 7) is 3.97. The van der Waals surface area contributed by atoms with Crippen LogP contribution in [-0.4, -0.2) is 8.42 Å². The normalized spacial score (nSPS) is 12.7. The van der Waals surface area contributed by atoms with Crippen LogP contribution in [0.2, 0.25) is 0 Å². The first-order chi connectivity index (χ1) is 19.4. The van der Waals surface area contributed by atoms with E-state index < -0.39 is 17.9 Å². The molecule has 1 N–H and O–H groups in total. The molecule has 200 valence electrons. The SMILES string of the molecule is Cc1ccc(/C(=C/[C@H](c2ccccc2)P(c2ccccc2)c2ccccc2)NS(=O)(=O)c2ccc(C)cc2)cc1. The summed E-state index contributed by atoms with van der Waals surface area (Å²) in [5.41, 5.74) is 4.53. The molecular weight excluding hydrogens is 529 g/mol. The summed E-state index contributed by atoms with van der Waals surface area (Å²) in [5, 5.41) is 2.44. The summed E-state index contributed by atoms with van der Waals surface area (Å²) in [6.07, 6.45) is 2.11. The molecule has 1 atom stereocenters. The number of benzene rings is 5. The van der Waals surface area contributed by atoms with Gasteiger partial charge in [0, 0.05) is 5.66 Å². The zero-order valence-corrected chi connectivity index (χ0v) is 24.3. The van der Waals surface area contributed by atoms with Crippen LogP contribution in [0.25, 0.3) is 5.70 Å². The predicted molar refractivity (Wildman–Crippen MR) is 169 cm³/mol. The number of sulfonamides is 1. The topological polar surface area (TPSA) is 46.2 Å². The molecule has 5 aromatic rings. The van der Waals surface area contributed by atoms with Crippen molar-refractivity contribution in [2.24, 2.45) is 0 Å². The van der Waals surface area contributed by atoms with Gasteiger partial charge in [0.1, 0.15) is 0 Å². The molecule has 3 nitrogen and oxygen atoms in total. The second-order valence-corrected chi connectivity index (χ2v) is 13.8. The number of rotatable bonds is 9. The molecule has 0 aromatic heterocycles. The van der Waals surface area contributed by atoms with Crippen molar-refractivity contribution in [3.8, 4) is 0 Å². The average molecular weight is 562 g/mol. The van der Waals surface area contributed by atoms with Crippen molar-refractivity contribution in [1.29, 1.82) is 0 Å². The predicted octanol–water partition coefficient (Wildman–Crippen LogP) is 7.50. The number of allylic oxidation sites excluding steroid dienone is 1. The van der Waals surface area contributed by atoms with E-state index in [1.165, 1.54) is 10.6 Å². The van der Waals surface area contributed by atoms with Crippen LogP contribution in [0.5, 0.6) is 0 Å². The molecular formula is C35H32NO2PS. The minimum atomic E-state index is -3.83. The summed E-state index contributed by atoms with van der Waals surface area (Å²) in [4.78, 5) is 0.237. The van der Waals surface area contributed by atoms with Gasteiger partial charge in [0.2, 0.25) is 0 Å².